The lowest BCUT2D eigenvalue weighted by molar-refractivity contribution is 0.0988. The Morgan fingerprint density at radius 2 is 2.38 bits per heavy atom. The maximum atomic E-state index is 12.1. The van der Waals surface area contributed by atoms with Gasteiger partial charge in [-0.3, -0.25) is 19.8 Å². The second-order valence-electron chi connectivity index (χ2n) is 4.97. The summed E-state index contributed by atoms with van der Waals surface area (Å²) in [6, 6.07) is 1.56. The van der Waals surface area contributed by atoms with Gasteiger partial charge in [-0.05, 0) is 26.1 Å². The molecule has 1 amide bonds. The van der Waals surface area contributed by atoms with E-state index in [2.05, 4.69) is 32.2 Å². The fourth-order valence-electron chi connectivity index (χ4n) is 2.08. The molecule has 0 aliphatic heterocycles. The van der Waals surface area contributed by atoms with Crippen molar-refractivity contribution in [1.29, 1.82) is 0 Å². The minimum Gasteiger partial charge on any atom is -0.351 e. The van der Waals surface area contributed by atoms with Crippen LogP contribution in [0.15, 0.2) is 23.2 Å². The average Bonchev–Trinajstić information content (AvgIpc) is 3.21. The van der Waals surface area contributed by atoms with E-state index >= 15 is 0 Å². The highest BCUT2D eigenvalue weighted by atomic mass is 32.1. The second kappa shape index (κ2) is 6.49. The predicted octanol–water partition coefficient (Wildman–Crippen LogP) is 3.11. The molecule has 3 aromatic rings. The zero-order valence-electron chi connectivity index (χ0n) is 13.0. The van der Waals surface area contributed by atoms with Gasteiger partial charge in [0.05, 0.1) is 16.3 Å². The largest absolute Gasteiger partial charge is 0.351 e. The fraction of sp³-hybridized carbons (Fsp3) is 0.214. The Morgan fingerprint density at radius 1 is 1.58 bits per heavy atom. The average molecular weight is 362 g/mol. The van der Waals surface area contributed by atoms with E-state index in [9.17, 15) is 4.79 Å². The standard InChI is InChI=1S/C14H14N6O2S2/c1-4-5-20-11(17-18-14(20)23)10-8(3)15-13(24-10)16-12(21)9-6-7(2)19-22-9/h4,6H,1,5H2,2-3H3,(H,18,23)(H,15,16,21). The molecule has 3 rings (SSSR count). The summed E-state index contributed by atoms with van der Waals surface area (Å²) in [6.45, 7) is 7.84. The summed E-state index contributed by atoms with van der Waals surface area (Å²) in [5.41, 5.74) is 1.37. The van der Waals surface area contributed by atoms with Crippen LogP contribution in [0.1, 0.15) is 21.9 Å². The van der Waals surface area contributed by atoms with Crippen molar-refractivity contribution in [2.45, 2.75) is 20.4 Å². The van der Waals surface area contributed by atoms with Crippen molar-refractivity contribution in [2.24, 2.45) is 0 Å². The number of H-pyrrole nitrogens is 1. The van der Waals surface area contributed by atoms with Crippen molar-refractivity contribution >= 4 is 34.6 Å². The minimum atomic E-state index is -0.402. The van der Waals surface area contributed by atoms with E-state index in [-0.39, 0.29) is 5.76 Å². The zero-order chi connectivity index (χ0) is 17.3. The number of carbonyl (C=O) groups excluding carboxylic acids is 1. The SMILES string of the molecule is C=CCn1c(-c2sc(NC(=O)c3cc(C)no3)nc2C)n[nH]c1=S. The van der Waals surface area contributed by atoms with E-state index in [0.29, 0.717) is 28.0 Å². The molecular weight excluding hydrogens is 348 g/mol. The molecule has 3 heterocycles. The second-order valence-corrected chi connectivity index (χ2v) is 6.36. The van der Waals surface area contributed by atoms with Crippen molar-refractivity contribution in [3.8, 4) is 10.7 Å². The van der Waals surface area contributed by atoms with Gasteiger partial charge in [-0.1, -0.05) is 22.6 Å². The molecule has 24 heavy (non-hydrogen) atoms. The Morgan fingerprint density at radius 3 is 3.04 bits per heavy atom. The van der Waals surface area contributed by atoms with E-state index < -0.39 is 5.91 Å². The highest BCUT2D eigenvalue weighted by Crippen LogP contribution is 2.31. The van der Waals surface area contributed by atoms with Crippen LogP contribution in [0.3, 0.4) is 0 Å². The van der Waals surface area contributed by atoms with Crippen LogP contribution in [0, 0.1) is 18.6 Å². The third kappa shape index (κ3) is 3.05. The van der Waals surface area contributed by atoms with Crippen LogP contribution in [-0.4, -0.2) is 30.8 Å². The maximum absolute atomic E-state index is 12.1. The van der Waals surface area contributed by atoms with Gasteiger partial charge in [0.2, 0.25) is 5.76 Å². The number of allylic oxidation sites excluding steroid dienone is 1. The molecule has 0 spiro atoms. The highest BCUT2D eigenvalue weighted by molar-refractivity contribution is 7.71. The van der Waals surface area contributed by atoms with Crippen molar-refractivity contribution in [2.75, 3.05) is 5.32 Å². The summed E-state index contributed by atoms with van der Waals surface area (Å²) in [5, 5.41) is 13.8. The molecule has 0 aliphatic rings. The first kappa shape index (κ1) is 16.3. The molecule has 3 aromatic heterocycles. The lowest BCUT2D eigenvalue weighted by Crippen LogP contribution is -2.10. The third-order valence-electron chi connectivity index (χ3n) is 3.14. The number of aromatic amines is 1. The summed E-state index contributed by atoms with van der Waals surface area (Å²) >= 11 is 6.52. The number of hydrogen-bond donors (Lipinski definition) is 2. The first-order chi connectivity index (χ1) is 11.5. The monoisotopic (exact) mass is 362 g/mol. The predicted molar refractivity (Wildman–Crippen MR) is 92.6 cm³/mol. The first-order valence-corrected chi connectivity index (χ1v) is 8.20. The number of aromatic nitrogens is 5. The Bertz CT molecular complexity index is 964. The van der Waals surface area contributed by atoms with Gasteiger partial charge in [0, 0.05) is 12.6 Å². The van der Waals surface area contributed by atoms with Gasteiger partial charge in [-0.25, -0.2) is 4.98 Å². The quantitative estimate of drug-likeness (QED) is 0.534. The lowest BCUT2D eigenvalue weighted by Gasteiger charge is -2.01. The van der Waals surface area contributed by atoms with Gasteiger partial charge in [-0.15, -0.1) is 6.58 Å². The summed E-state index contributed by atoms with van der Waals surface area (Å²) in [6.07, 6.45) is 1.74. The maximum Gasteiger partial charge on any atom is 0.296 e. The molecule has 0 bridgehead atoms. The topological polar surface area (TPSA) is 102 Å². The number of hydrogen-bond acceptors (Lipinski definition) is 7. The van der Waals surface area contributed by atoms with Gasteiger partial charge < -0.3 is 4.52 Å². The number of anilines is 1. The summed E-state index contributed by atoms with van der Waals surface area (Å²) in [5.74, 6) is 0.392. The molecule has 0 saturated carbocycles. The summed E-state index contributed by atoms with van der Waals surface area (Å²) < 4.78 is 7.26. The molecule has 0 unspecified atom stereocenters. The van der Waals surface area contributed by atoms with E-state index in [1.54, 1.807) is 19.1 Å². The highest BCUT2D eigenvalue weighted by Gasteiger charge is 2.19. The molecule has 0 atom stereocenters. The Kier molecular flexibility index (Phi) is 4.40. The van der Waals surface area contributed by atoms with E-state index in [0.717, 1.165) is 10.6 Å². The number of aryl methyl sites for hydroxylation is 2. The van der Waals surface area contributed by atoms with Gasteiger partial charge in [0.1, 0.15) is 0 Å². The number of carbonyl (C=O) groups is 1. The van der Waals surface area contributed by atoms with Crippen LogP contribution in [0.5, 0.6) is 0 Å². The molecular formula is C14H14N6O2S2. The molecule has 0 saturated heterocycles. The van der Waals surface area contributed by atoms with Gasteiger partial charge in [-0.2, -0.15) is 5.10 Å². The van der Waals surface area contributed by atoms with Crippen LogP contribution >= 0.6 is 23.6 Å². The van der Waals surface area contributed by atoms with Crippen molar-refractivity contribution in [3.63, 3.8) is 0 Å². The van der Waals surface area contributed by atoms with Crippen LogP contribution in [0.25, 0.3) is 10.7 Å². The van der Waals surface area contributed by atoms with Gasteiger partial charge >= 0.3 is 0 Å². The van der Waals surface area contributed by atoms with Crippen LogP contribution in [0.2, 0.25) is 0 Å². The molecule has 0 aromatic carbocycles. The molecule has 124 valence electrons. The Hall–Kier alpha value is -2.59. The van der Waals surface area contributed by atoms with Gasteiger partial charge in [0.15, 0.2) is 15.7 Å². The number of rotatable bonds is 5. The smallest absolute Gasteiger partial charge is 0.296 e. The van der Waals surface area contributed by atoms with E-state index in [1.165, 1.54) is 11.3 Å². The Labute approximate surface area is 146 Å². The van der Waals surface area contributed by atoms with Crippen molar-refractivity contribution < 1.29 is 9.32 Å². The van der Waals surface area contributed by atoms with E-state index in [4.69, 9.17) is 16.7 Å². The number of thiazole rings is 1. The number of amides is 1. The van der Waals surface area contributed by atoms with Crippen molar-refractivity contribution in [1.82, 2.24) is 24.9 Å². The molecule has 0 radical (unpaired) electrons. The lowest BCUT2D eigenvalue weighted by atomic mass is 10.3. The van der Waals surface area contributed by atoms with Crippen LogP contribution in [-0.2, 0) is 6.54 Å². The van der Waals surface area contributed by atoms with Crippen LogP contribution < -0.4 is 5.32 Å². The third-order valence-corrected chi connectivity index (χ3v) is 4.52. The Balaban J connectivity index is 1.89. The molecule has 0 fully saturated rings. The first-order valence-electron chi connectivity index (χ1n) is 6.98. The van der Waals surface area contributed by atoms with Crippen LogP contribution in [0.4, 0.5) is 5.13 Å². The summed E-state index contributed by atoms with van der Waals surface area (Å²) in [4.78, 5) is 17.3. The zero-order valence-corrected chi connectivity index (χ0v) is 14.6. The minimum absolute atomic E-state index is 0.135. The fourth-order valence-corrected chi connectivity index (χ4v) is 3.24. The van der Waals surface area contributed by atoms with Gasteiger partial charge in [0.25, 0.3) is 5.91 Å². The molecule has 10 heteroatoms. The number of nitrogens with one attached hydrogen (secondary N) is 2. The molecule has 8 nitrogen and oxygen atoms in total. The molecule has 0 aliphatic carbocycles. The van der Waals surface area contributed by atoms with Crippen molar-refractivity contribution in [3.05, 3.63) is 40.6 Å². The molecule has 2 N–H and O–H groups in total. The normalized spacial score (nSPS) is 10.8. The number of nitrogens with zero attached hydrogens (tertiary/aromatic N) is 4. The van der Waals surface area contributed by atoms with E-state index in [1.807, 2.05) is 11.5 Å². The summed E-state index contributed by atoms with van der Waals surface area (Å²) in [7, 11) is 0.